The van der Waals surface area contributed by atoms with Gasteiger partial charge in [-0.15, -0.1) is 0 Å². The van der Waals surface area contributed by atoms with Gasteiger partial charge >= 0.3 is 0 Å². The van der Waals surface area contributed by atoms with Crippen LogP contribution in [0.1, 0.15) is 27.9 Å². The van der Waals surface area contributed by atoms with E-state index in [1.54, 1.807) is 6.07 Å². The molecule has 2 rings (SSSR count). The third kappa shape index (κ3) is 7.45. The maximum Gasteiger partial charge on any atom is 0.264 e. The fourth-order valence-corrected chi connectivity index (χ4v) is 3.49. The SMILES string of the molecule is CS(=O)(=O)OC[C@H](O)CCOc1cc(F)cc(Cc2ccc(I)cc2F)c1C(N)=O. The molecule has 0 spiro atoms. The molecular formula is C19H20F2INO6S. The van der Waals surface area contributed by atoms with Crippen molar-refractivity contribution in [2.75, 3.05) is 19.5 Å². The summed E-state index contributed by atoms with van der Waals surface area (Å²) in [5.74, 6) is -2.25. The lowest BCUT2D eigenvalue weighted by molar-refractivity contribution is 0.0879. The molecule has 0 aliphatic carbocycles. The second-order valence-electron chi connectivity index (χ2n) is 6.49. The number of nitrogens with two attached hydrogens (primary N) is 1. The van der Waals surface area contributed by atoms with E-state index in [0.29, 0.717) is 3.57 Å². The summed E-state index contributed by atoms with van der Waals surface area (Å²) in [6, 6.07) is 6.58. The van der Waals surface area contributed by atoms with E-state index >= 15 is 0 Å². The standard InChI is InChI=1S/C19H20F2INO6S/c1-30(26,27)29-10-15(24)4-5-28-17-8-13(20)7-12(18(17)19(23)25)6-11-2-3-14(22)9-16(11)21/h2-3,7-9,15,24H,4-6,10H2,1H3,(H2,23,25)/t15-/m1/s1. The maximum atomic E-state index is 14.2. The monoisotopic (exact) mass is 555 g/mol. The number of primary amides is 1. The Morgan fingerprint density at radius 1 is 1.23 bits per heavy atom. The lowest BCUT2D eigenvalue weighted by Crippen LogP contribution is -2.22. The molecule has 1 amide bonds. The molecule has 0 fully saturated rings. The van der Waals surface area contributed by atoms with E-state index in [2.05, 4.69) is 4.18 Å². The quantitative estimate of drug-likeness (QED) is 0.344. The summed E-state index contributed by atoms with van der Waals surface area (Å²) in [7, 11) is -3.70. The van der Waals surface area contributed by atoms with Crippen molar-refractivity contribution < 1.29 is 36.0 Å². The molecule has 3 N–H and O–H groups in total. The molecule has 2 aromatic carbocycles. The van der Waals surface area contributed by atoms with Gasteiger partial charge in [0.1, 0.15) is 17.4 Å². The highest BCUT2D eigenvalue weighted by atomic mass is 127. The van der Waals surface area contributed by atoms with Gasteiger partial charge in [0, 0.05) is 22.5 Å². The second kappa shape index (κ2) is 10.5. The molecule has 0 saturated heterocycles. The molecule has 164 valence electrons. The van der Waals surface area contributed by atoms with Crippen molar-refractivity contribution in [2.45, 2.75) is 18.9 Å². The number of ether oxygens (including phenoxy) is 1. The summed E-state index contributed by atoms with van der Waals surface area (Å²) < 4.78 is 60.7. The summed E-state index contributed by atoms with van der Waals surface area (Å²) >= 11 is 1.95. The first-order valence-electron chi connectivity index (χ1n) is 8.67. The summed E-state index contributed by atoms with van der Waals surface area (Å²) in [5.41, 5.74) is 5.74. The fraction of sp³-hybridized carbons (Fsp3) is 0.316. The highest BCUT2D eigenvalue weighted by molar-refractivity contribution is 14.1. The van der Waals surface area contributed by atoms with Crippen molar-refractivity contribution in [1.29, 1.82) is 0 Å². The molecule has 0 saturated carbocycles. The normalized spacial score (nSPS) is 12.6. The summed E-state index contributed by atoms with van der Waals surface area (Å²) in [4.78, 5) is 12.0. The topological polar surface area (TPSA) is 116 Å². The molecule has 7 nitrogen and oxygen atoms in total. The molecule has 0 aliphatic heterocycles. The van der Waals surface area contributed by atoms with Crippen LogP contribution in [0.2, 0.25) is 0 Å². The molecule has 30 heavy (non-hydrogen) atoms. The summed E-state index contributed by atoms with van der Waals surface area (Å²) in [6.45, 7) is -0.638. The average molecular weight is 555 g/mol. The van der Waals surface area contributed by atoms with E-state index < -0.39 is 40.4 Å². The zero-order valence-electron chi connectivity index (χ0n) is 15.9. The Hall–Kier alpha value is -1.83. The number of carbonyl (C=O) groups is 1. The van der Waals surface area contributed by atoms with Crippen LogP contribution in [-0.2, 0) is 20.7 Å². The molecule has 0 aromatic heterocycles. The smallest absolute Gasteiger partial charge is 0.264 e. The first-order chi connectivity index (χ1) is 14.0. The van der Waals surface area contributed by atoms with Crippen LogP contribution in [0.15, 0.2) is 30.3 Å². The zero-order chi connectivity index (χ0) is 22.5. The molecule has 0 bridgehead atoms. The van der Waals surface area contributed by atoms with E-state index in [-0.39, 0.29) is 41.9 Å². The zero-order valence-corrected chi connectivity index (χ0v) is 18.9. The molecule has 0 aliphatic rings. The van der Waals surface area contributed by atoms with Gasteiger partial charge in [-0.3, -0.25) is 8.98 Å². The van der Waals surface area contributed by atoms with Crippen LogP contribution in [0.3, 0.4) is 0 Å². The van der Waals surface area contributed by atoms with Gasteiger partial charge in [-0.1, -0.05) is 6.07 Å². The average Bonchev–Trinajstić information content (AvgIpc) is 2.61. The van der Waals surface area contributed by atoms with Gasteiger partial charge in [-0.25, -0.2) is 8.78 Å². The Morgan fingerprint density at radius 3 is 2.53 bits per heavy atom. The Morgan fingerprint density at radius 2 is 1.93 bits per heavy atom. The molecule has 0 heterocycles. The lowest BCUT2D eigenvalue weighted by atomic mass is 9.98. The Bertz CT molecular complexity index is 1030. The largest absolute Gasteiger partial charge is 0.493 e. The van der Waals surface area contributed by atoms with Gasteiger partial charge in [-0.2, -0.15) is 8.42 Å². The summed E-state index contributed by atoms with van der Waals surface area (Å²) in [6.07, 6.45) is -0.448. The highest BCUT2D eigenvalue weighted by Crippen LogP contribution is 2.27. The number of aliphatic hydroxyl groups is 1. The fourth-order valence-electron chi connectivity index (χ4n) is 2.63. The van der Waals surface area contributed by atoms with Crippen molar-refractivity contribution in [2.24, 2.45) is 5.73 Å². The van der Waals surface area contributed by atoms with Crippen molar-refractivity contribution in [3.8, 4) is 5.75 Å². The molecular weight excluding hydrogens is 535 g/mol. The predicted octanol–water partition coefficient (Wildman–Crippen LogP) is 2.37. The molecule has 11 heteroatoms. The van der Waals surface area contributed by atoms with Crippen molar-refractivity contribution >= 4 is 38.6 Å². The second-order valence-corrected chi connectivity index (χ2v) is 9.38. The Labute approximate surface area is 186 Å². The van der Waals surface area contributed by atoms with Gasteiger partial charge in [-0.05, 0) is 51.9 Å². The van der Waals surface area contributed by atoms with E-state index in [9.17, 15) is 27.1 Å². The van der Waals surface area contributed by atoms with Crippen LogP contribution >= 0.6 is 22.6 Å². The minimum atomic E-state index is -3.70. The first-order valence-corrected chi connectivity index (χ1v) is 11.6. The van der Waals surface area contributed by atoms with Gasteiger partial charge < -0.3 is 15.6 Å². The number of hydrogen-bond acceptors (Lipinski definition) is 6. The maximum absolute atomic E-state index is 14.2. The number of benzene rings is 2. The van der Waals surface area contributed by atoms with E-state index in [0.717, 1.165) is 18.4 Å². The third-order valence-corrected chi connectivity index (χ3v) is 5.21. The van der Waals surface area contributed by atoms with Crippen LogP contribution in [0.4, 0.5) is 8.78 Å². The Kier molecular flexibility index (Phi) is 8.52. The lowest BCUT2D eigenvalue weighted by Gasteiger charge is -2.16. The predicted molar refractivity (Wildman–Crippen MR) is 114 cm³/mol. The van der Waals surface area contributed by atoms with E-state index in [4.69, 9.17) is 10.5 Å². The number of amides is 1. The molecule has 1 atom stereocenters. The summed E-state index contributed by atoms with van der Waals surface area (Å²) in [5, 5.41) is 9.75. The number of hydrogen-bond donors (Lipinski definition) is 2. The van der Waals surface area contributed by atoms with Crippen LogP contribution in [-0.4, -0.2) is 45.0 Å². The molecule has 0 unspecified atom stereocenters. The van der Waals surface area contributed by atoms with Crippen LogP contribution in [0.5, 0.6) is 5.75 Å². The van der Waals surface area contributed by atoms with E-state index in [1.165, 1.54) is 12.1 Å². The number of aliphatic hydroxyl groups excluding tert-OH is 1. The number of carbonyl (C=O) groups excluding carboxylic acids is 1. The van der Waals surface area contributed by atoms with E-state index in [1.807, 2.05) is 22.6 Å². The third-order valence-electron chi connectivity index (χ3n) is 3.97. The molecule has 0 radical (unpaired) electrons. The van der Waals surface area contributed by atoms with Crippen molar-refractivity contribution in [1.82, 2.24) is 0 Å². The van der Waals surface area contributed by atoms with Gasteiger partial charge in [0.05, 0.1) is 31.1 Å². The van der Waals surface area contributed by atoms with Crippen LogP contribution < -0.4 is 10.5 Å². The van der Waals surface area contributed by atoms with Crippen molar-refractivity contribution in [3.63, 3.8) is 0 Å². The highest BCUT2D eigenvalue weighted by Gasteiger charge is 2.19. The van der Waals surface area contributed by atoms with Crippen LogP contribution in [0.25, 0.3) is 0 Å². The number of halogens is 3. The minimum Gasteiger partial charge on any atom is -0.493 e. The Balaban J connectivity index is 2.18. The van der Waals surface area contributed by atoms with Gasteiger partial charge in [0.2, 0.25) is 0 Å². The number of rotatable bonds is 10. The van der Waals surface area contributed by atoms with Gasteiger partial charge in [0.15, 0.2) is 0 Å². The first kappa shape index (κ1) is 24.4. The minimum absolute atomic E-state index is 0.0503. The van der Waals surface area contributed by atoms with Crippen LogP contribution in [0, 0.1) is 15.2 Å². The van der Waals surface area contributed by atoms with Gasteiger partial charge in [0.25, 0.3) is 16.0 Å². The van der Waals surface area contributed by atoms with Crippen molar-refractivity contribution in [3.05, 3.63) is 62.2 Å². The molecule has 2 aromatic rings.